The quantitative estimate of drug-likeness (QED) is 0.917. The molecule has 1 fully saturated rings. The molecule has 3 atom stereocenters. The molecular weight excluding hydrogens is 248 g/mol. The average Bonchev–Trinajstić information content (AvgIpc) is 2.47. The van der Waals surface area contributed by atoms with Crippen LogP contribution in [0.1, 0.15) is 25.8 Å². The number of fused-ring (bicyclic) bond motifs is 1. The molecule has 0 bridgehead atoms. The van der Waals surface area contributed by atoms with Crippen LogP contribution in [0, 0.1) is 5.92 Å². The van der Waals surface area contributed by atoms with Gasteiger partial charge in [0, 0.05) is 31.4 Å². The van der Waals surface area contributed by atoms with Gasteiger partial charge in [0.2, 0.25) is 0 Å². The monoisotopic (exact) mass is 274 g/mol. The Labute approximate surface area is 122 Å². The summed E-state index contributed by atoms with van der Waals surface area (Å²) >= 11 is 0. The number of nitrogens with zero attached hydrogens (tertiary/aromatic N) is 1. The first kappa shape index (κ1) is 13.9. The zero-order valence-corrected chi connectivity index (χ0v) is 12.6. The fourth-order valence-electron chi connectivity index (χ4n) is 3.48. The van der Waals surface area contributed by atoms with Crippen molar-refractivity contribution in [1.82, 2.24) is 4.90 Å². The number of anilines is 1. The van der Waals surface area contributed by atoms with Gasteiger partial charge in [-0.2, -0.15) is 0 Å². The Bertz CT molecular complexity index is 448. The van der Waals surface area contributed by atoms with Gasteiger partial charge in [0.1, 0.15) is 0 Å². The largest absolute Gasteiger partial charge is 0.384 e. The van der Waals surface area contributed by atoms with Gasteiger partial charge in [-0.3, -0.25) is 4.90 Å². The standard InChI is InChI=1S/C17H26N2O/c1-3-16-12-20-13(2)10-19(16)11-14-8-15-6-4-5-7-17(15)18-9-14/h4-7,13-14,16,18H,3,8-12H2,1-2H3. The highest BCUT2D eigenvalue weighted by Gasteiger charge is 2.28. The van der Waals surface area contributed by atoms with E-state index in [2.05, 4.69) is 48.3 Å². The number of para-hydroxylation sites is 1. The number of rotatable bonds is 3. The lowest BCUT2D eigenvalue weighted by Gasteiger charge is -2.41. The van der Waals surface area contributed by atoms with Crippen LogP contribution in [0.4, 0.5) is 5.69 Å². The molecule has 20 heavy (non-hydrogen) atoms. The Morgan fingerprint density at radius 3 is 3.05 bits per heavy atom. The highest BCUT2D eigenvalue weighted by Crippen LogP contribution is 2.26. The summed E-state index contributed by atoms with van der Waals surface area (Å²) in [5, 5.41) is 3.59. The number of benzene rings is 1. The van der Waals surface area contributed by atoms with E-state index in [9.17, 15) is 0 Å². The van der Waals surface area contributed by atoms with Crippen molar-refractivity contribution in [3.8, 4) is 0 Å². The summed E-state index contributed by atoms with van der Waals surface area (Å²) in [5.41, 5.74) is 2.80. The van der Waals surface area contributed by atoms with Crippen molar-refractivity contribution in [3.63, 3.8) is 0 Å². The third-order valence-electron chi connectivity index (χ3n) is 4.65. The molecule has 1 saturated heterocycles. The van der Waals surface area contributed by atoms with Gasteiger partial charge in [0.25, 0.3) is 0 Å². The van der Waals surface area contributed by atoms with Gasteiger partial charge in [-0.1, -0.05) is 25.1 Å². The molecule has 0 radical (unpaired) electrons. The summed E-state index contributed by atoms with van der Waals surface area (Å²) in [6.07, 6.45) is 2.76. The second-order valence-corrected chi connectivity index (χ2v) is 6.27. The van der Waals surface area contributed by atoms with Gasteiger partial charge in [-0.25, -0.2) is 0 Å². The minimum Gasteiger partial charge on any atom is -0.384 e. The molecule has 0 saturated carbocycles. The van der Waals surface area contributed by atoms with E-state index in [0.29, 0.717) is 18.1 Å². The molecule has 3 heteroatoms. The summed E-state index contributed by atoms with van der Waals surface area (Å²) in [5.74, 6) is 0.712. The zero-order valence-electron chi connectivity index (χ0n) is 12.6. The SMILES string of the molecule is CCC1COC(C)CN1CC1CNc2ccccc2C1. The van der Waals surface area contributed by atoms with E-state index in [1.54, 1.807) is 0 Å². The first-order valence-electron chi connectivity index (χ1n) is 7.93. The molecule has 2 heterocycles. The lowest BCUT2D eigenvalue weighted by Crippen LogP contribution is -2.51. The Morgan fingerprint density at radius 2 is 2.20 bits per heavy atom. The molecule has 2 aliphatic rings. The van der Waals surface area contributed by atoms with E-state index < -0.39 is 0 Å². The summed E-state index contributed by atoms with van der Waals surface area (Å²) in [6, 6.07) is 9.31. The van der Waals surface area contributed by atoms with Crippen molar-refractivity contribution >= 4 is 5.69 Å². The normalized spacial score (nSPS) is 30.6. The van der Waals surface area contributed by atoms with Crippen molar-refractivity contribution < 1.29 is 4.74 Å². The number of hydrogen-bond acceptors (Lipinski definition) is 3. The molecule has 3 unspecified atom stereocenters. The fraction of sp³-hybridized carbons (Fsp3) is 0.647. The number of hydrogen-bond donors (Lipinski definition) is 1. The third-order valence-corrected chi connectivity index (χ3v) is 4.65. The topological polar surface area (TPSA) is 24.5 Å². The van der Waals surface area contributed by atoms with E-state index in [4.69, 9.17) is 4.74 Å². The molecule has 0 aliphatic carbocycles. The molecular formula is C17H26N2O. The van der Waals surface area contributed by atoms with Crippen LogP contribution in [-0.2, 0) is 11.2 Å². The van der Waals surface area contributed by atoms with Crippen LogP contribution in [0.15, 0.2) is 24.3 Å². The smallest absolute Gasteiger partial charge is 0.0674 e. The van der Waals surface area contributed by atoms with Crippen LogP contribution in [0.2, 0.25) is 0 Å². The van der Waals surface area contributed by atoms with Crippen molar-refractivity contribution in [2.45, 2.75) is 38.8 Å². The Hall–Kier alpha value is -1.06. The Balaban J connectivity index is 1.63. The zero-order chi connectivity index (χ0) is 13.9. The van der Waals surface area contributed by atoms with Crippen molar-refractivity contribution in [2.24, 2.45) is 5.92 Å². The molecule has 0 aromatic heterocycles. The van der Waals surface area contributed by atoms with Crippen LogP contribution in [0.3, 0.4) is 0 Å². The van der Waals surface area contributed by atoms with Crippen LogP contribution in [0.25, 0.3) is 0 Å². The highest BCUT2D eigenvalue weighted by atomic mass is 16.5. The second-order valence-electron chi connectivity index (χ2n) is 6.27. The van der Waals surface area contributed by atoms with Gasteiger partial charge in [-0.05, 0) is 37.3 Å². The number of nitrogens with one attached hydrogen (secondary N) is 1. The molecule has 1 N–H and O–H groups in total. The Kier molecular flexibility index (Phi) is 4.27. The van der Waals surface area contributed by atoms with Crippen LogP contribution >= 0.6 is 0 Å². The average molecular weight is 274 g/mol. The maximum Gasteiger partial charge on any atom is 0.0674 e. The first-order chi connectivity index (χ1) is 9.76. The third kappa shape index (κ3) is 2.99. The minimum atomic E-state index is 0.377. The van der Waals surface area contributed by atoms with Gasteiger partial charge >= 0.3 is 0 Å². The predicted octanol–water partition coefficient (Wildman–Crippen LogP) is 2.77. The predicted molar refractivity (Wildman–Crippen MR) is 83.2 cm³/mol. The minimum absolute atomic E-state index is 0.377. The second kappa shape index (κ2) is 6.15. The van der Waals surface area contributed by atoms with Crippen LogP contribution in [0.5, 0.6) is 0 Å². The molecule has 1 aromatic rings. The molecule has 3 nitrogen and oxygen atoms in total. The highest BCUT2D eigenvalue weighted by molar-refractivity contribution is 5.53. The Morgan fingerprint density at radius 1 is 1.35 bits per heavy atom. The van der Waals surface area contributed by atoms with Crippen LogP contribution < -0.4 is 5.32 Å². The van der Waals surface area contributed by atoms with Crippen LogP contribution in [-0.4, -0.2) is 43.3 Å². The van der Waals surface area contributed by atoms with Crippen molar-refractivity contribution in [1.29, 1.82) is 0 Å². The van der Waals surface area contributed by atoms with Gasteiger partial charge in [0.15, 0.2) is 0 Å². The van der Waals surface area contributed by atoms with E-state index in [0.717, 1.165) is 19.7 Å². The summed E-state index contributed by atoms with van der Waals surface area (Å²) in [7, 11) is 0. The number of ether oxygens (including phenoxy) is 1. The summed E-state index contributed by atoms with van der Waals surface area (Å²) < 4.78 is 5.80. The van der Waals surface area contributed by atoms with E-state index >= 15 is 0 Å². The van der Waals surface area contributed by atoms with Crippen molar-refractivity contribution in [3.05, 3.63) is 29.8 Å². The fourth-order valence-corrected chi connectivity index (χ4v) is 3.48. The molecule has 3 rings (SSSR count). The van der Waals surface area contributed by atoms with Gasteiger partial charge < -0.3 is 10.1 Å². The van der Waals surface area contributed by atoms with Crippen molar-refractivity contribution in [2.75, 3.05) is 31.6 Å². The van der Waals surface area contributed by atoms with E-state index in [-0.39, 0.29) is 0 Å². The van der Waals surface area contributed by atoms with E-state index in [1.807, 2.05) is 0 Å². The van der Waals surface area contributed by atoms with E-state index in [1.165, 1.54) is 30.6 Å². The first-order valence-corrected chi connectivity index (χ1v) is 7.93. The molecule has 0 spiro atoms. The lowest BCUT2D eigenvalue weighted by atomic mass is 9.92. The van der Waals surface area contributed by atoms with Gasteiger partial charge in [0.05, 0.1) is 12.7 Å². The summed E-state index contributed by atoms with van der Waals surface area (Å²) in [6.45, 7) is 8.72. The number of morpholine rings is 1. The maximum absolute atomic E-state index is 5.80. The molecule has 1 aromatic carbocycles. The lowest BCUT2D eigenvalue weighted by molar-refractivity contribution is -0.0602. The summed E-state index contributed by atoms with van der Waals surface area (Å²) in [4.78, 5) is 2.65. The molecule has 2 aliphatic heterocycles. The molecule has 110 valence electrons. The maximum atomic E-state index is 5.80. The van der Waals surface area contributed by atoms with Gasteiger partial charge in [-0.15, -0.1) is 0 Å². The molecule has 0 amide bonds.